The zero-order chi connectivity index (χ0) is 12.1. The second kappa shape index (κ2) is 5.24. The van der Waals surface area contributed by atoms with E-state index in [1.54, 1.807) is 6.07 Å². The first-order valence-corrected chi connectivity index (χ1v) is 4.55. The van der Waals surface area contributed by atoms with Crippen LogP contribution < -0.4 is 14.2 Å². The lowest BCUT2D eigenvalue weighted by Gasteiger charge is -2.14. The van der Waals surface area contributed by atoms with Crippen molar-refractivity contribution in [3.63, 3.8) is 0 Å². The SMILES string of the molecule is COc1cc([C@@H](O)C#N)cc(OC)c1OC. The zero-order valence-electron chi connectivity index (χ0n) is 9.35. The molecule has 86 valence electrons. The smallest absolute Gasteiger partial charge is 0.203 e. The van der Waals surface area contributed by atoms with Crippen molar-refractivity contribution in [2.75, 3.05) is 21.3 Å². The fourth-order valence-electron chi connectivity index (χ4n) is 1.33. The van der Waals surface area contributed by atoms with E-state index in [9.17, 15) is 5.11 Å². The molecule has 0 aliphatic heterocycles. The summed E-state index contributed by atoms with van der Waals surface area (Å²) >= 11 is 0. The van der Waals surface area contributed by atoms with E-state index in [0.29, 0.717) is 22.8 Å². The van der Waals surface area contributed by atoms with Gasteiger partial charge in [0.2, 0.25) is 5.75 Å². The predicted molar refractivity (Wildman–Crippen MR) is 56.7 cm³/mol. The summed E-state index contributed by atoms with van der Waals surface area (Å²) in [5.74, 6) is 1.25. The minimum atomic E-state index is -1.21. The molecule has 16 heavy (non-hydrogen) atoms. The lowest BCUT2D eigenvalue weighted by Crippen LogP contribution is -1.99. The highest BCUT2D eigenvalue weighted by molar-refractivity contribution is 5.54. The van der Waals surface area contributed by atoms with E-state index < -0.39 is 6.10 Å². The Morgan fingerprint density at radius 3 is 1.94 bits per heavy atom. The van der Waals surface area contributed by atoms with Crippen LogP contribution in [-0.4, -0.2) is 26.4 Å². The lowest BCUT2D eigenvalue weighted by molar-refractivity contribution is 0.233. The predicted octanol–water partition coefficient (Wildman–Crippen LogP) is 1.27. The molecule has 0 heterocycles. The van der Waals surface area contributed by atoms with Gasteiger partial charge < -0.3 is 19.3 Å². The van der Waals surface area contributed by atoms with Crippen molar-refractivity contribution in [2.45, 2.75) is 6.10 Å². The molecule has 1 N–H and O–H groups in total. The molecular formula is C11H13NO4. The highest BCUT2D eigenvalue weighted by Crippen LogP contribution is 2.39. The van der Waals surface area contributed by atoms with E-state index in [1.807, 2.05) is 0 Å². The highest BCUT2D eigenvalue weighted by atomic mass is 16.5. The fraction of sp³-hybridized carbons (Fsp3) is 0.364. The average Bonchev–Trinajstić information content (AvgIpc) is 2.35. The van der Waals surface area contributed by atoms with Gasteiger partial charge >= 0.3 is 0 Å². The molecule has 0 unspecified atom stereocenters. The fourth-order valence-corrected chi connectivity index (χ4v) is 1.33. The average molecular weight is 223 g/mol. The molecule has 0 aliphatic carbocycles. The van der Waals surface area contributed by atoms with E-state index in [4.69, 9.17) is 19.5 Å². The molecule has 0 saturated carbocycles. The molecule has 0 spiro atoms. The number of benzene rings is 1. The van der Waals surface area contributed by atoms with Crippen LogP contribution in [0.15, 0.2) is 12.1 Å². The van der Waals surface area contributed by atoms with Crippen LogP contribution in [0.5, 0.6) is 17.2 Å². The van der Waals surface area contributed by atoms with Gasteiger partial charge in [0.15, 0.2) is 17.6 Å². The summed E-state index contributed by atoms with van der Waals surface area (Å²) in [7, 11) is 4.43. The first kappa shape index (κ1) is 12.1. The first-order chi connectivity index (χ1) is 7.67. The van der Waals surface area contributed by atoms with Crippen LogP contribution in [0.3, 0.4) is 0 Å². The van der Waals surface area contributed by atoms with Crippen molar-refractivity contribution in [3.8, 4) is 23.3 Å². The highest BCUT2D eigenvalue weighted by Gasteiger charge is 2.16. The summed E-state index contributed by atoms with van der Waals surface area (Å²) in [6.45, 7) is 0. The van der Waals surface area contributed by atoms with Crippen LogP contribution in [0.4, 0.5) is 0 Å². The Labute approximate surface area is 93.8 Å². The summed E-state index contributed by atoms with van der Waals surface area (Å²) in [6.07, 6.45) is -1.21. The van der Waals surface area contributed by atoms with Gasteiger partial charge in [0.05, 0.1) is 27.4 Å². The number of aliphatic hydroxyl groups excluding tert-OH is 1. The first-order valence-electron chi connectivity index (χ1n) is 4.55. The number of hydrogen-bond donors (Lipinski definition) is 1. The zero-order valence-corrected chi connectivity index (χ0v) is 9.35. The van der Waals surface area contributed by atoms with Crippen molar-refractivity contribution in [2.24, 2.45) is 0 Å². The molecule has 0 aliphatic rings. The van der Waals surface area contributed by atoms with Gasteiger partial charge in [-0.05, 0) is 12.1 Å². The van der Waals surface area contributed by atoms with Gasteiger partial charge in [-0.2, -0.15) is 5.26 Å². The van der Waals surface area contributed by atoms with Crippen LogP contribution in [0.1, 0.15) is 11.7 Å². The van der Waals surface area contributed by atoms with E-state index >= 15 is 0 Å². The minimum absolute atomic E-state index is 0.400. The van der Waals surface area contributed by atoms with Crippen molar-refractivity contribution in [1.82, 2.24) is 0 Å². The van der Waals surface area contributed by atoms with Gasteiger partial charge in [0.1, 0.15) is 0 Å². The van der Waals surface area contributed by atoms with Gasteiger partial charge in [0.25, 0.3) is 0 Å². The Morgan fingerprint density at radius 1 is 1.12 bits per heavy atom. The third-order valence-corrected chi connectivity index (χ3v) is 2.13. The third-order valence-electron chi connectivity index (χ3n) is 2.13. The molecule has 1 atom stereocenters. The number of nitrogens with zero attached hydrogens (tertiary/aromatic N) is 1. The Balaban J connectivity index is 3.32. The molecule has 5 nitrogen and oxygen atoms in total. The molecule has 0 bridgehead atoms. The topological polar surface area (TPSA) is 71.7 Å². The second-order valence-electron chi connectivity index (χ2n) is 2.99. The monoisotopic (exact) mass is 223 g/mol. The molecule has 1 rings (SSSR count). The summed E-state index contributed by atoms with van der Waals surface area (Å²) < 4.78 is 15.3. The lowest BCUT2D eigenvalue weighted by atomic mass is 10.1. The van der Waals surface area contributed by atoms with Crippen molar-refractivity contribution in [1.29, 1.82) is 5.26 Å². The Bertz CT molecular complexity index is 386. The summed E-state index contributed by atoms with van der Waals surface area (Å²) in [4.78, 5) is 0. The van der Waals surface area contributed by atoms with Gasteiger partial charge in [-0.15, -0.1) is 0 Å². The van der Waals surface area contributed by atoms with Gasteiger partial charge in [-0.25, -0.2) is 0 Å². The number of methoxy groups -OCH3 is 3. The van der Waals surface area contributed by atoms with Gasteiger partial charge in [-0.1, -0.05) is 0 Å². The maximum atomic E-state index is 9.42. The summed E-state index contributed by atoms with van der Waals surface area (Å²) in [5, 5.41) is 18.0. The molecule has 0 fully saturated rings. The van der Waals surface area contributed by atoms with Crippen molar-refractivity contribution >= 4 is 0 Å². The van der Waals surface area contributed by atoms with Crippen molar-refractivity contribution in [3.05, 3.63) is 17.7 Å². The van der Waals surface area contributed by atoms with Gasteiger partial charge in [-0.3, -0.25) is 0 Å². The van der Waals surface area contributed by atoms with Crippen molar-refractivity contribution < 1.29 is 19.3 Å². The minimum Gasteiger partial charge on any atom is -0.493 e. The van der Waals surface area contributed by atoms with Crippen LogP contribution in [0.25, 0.3) is 0 Å². The molecule has 0 amide bonds. The molecule has 0 radical (unpaired) electrons. The number of aliphatic hydroxyl groups is 1. The standard InChI is InChI=1S/C11H13NO4/c1-14-9-4-7(8(13)6-12)5-10(15-2)11(9)16-3/h4-5,8,13H,1-3H3/t8-/m0/s1. The number of nitriles is 1. The van der Waals surface area contributed by atoms with Crippen LogP contribution in [0, 0.1) is 11.3 Å². The molecule has 1 aromatic rings. The number of hydrogen-bond acceptors (Lipinski definition) is 5. The summed E-state index contributed by atoms with van der Waals surface area (Å²) in [5.41, 5.74) is 0.400. The maximum Gasteiger partial charge on any atom is 0.203 e. The second-order valence-corrected chi connectivity index (χ2v) is 2.99. The third kappa shape index (κ3) is 2.18. The molecule has 5 heteroatoms. The maximum absolute atomic E-state index is 9.42. The normalized spacial score (nSPS) is 11.4. The van der Waals surface area contributed by atoms with Gasteiger partial charge in [0, 0.05) is 5.56 Å². The van der Waals surface area contributed by atoms with E-state index in [0.717, 1.165) is 0 Å². The molecular weight excluding hydrogens is 210 g/mol. The Morgan fingerprint density at radius 2 is 1.62 bits per heavy atom. The van der Waals surface area contributed by atoms with Crippen LogP contribution in [0.2, 0.25) is 0 Å². The quantitative estimate of drug-likeness (QED) is 0.778. The molecule has 1 aromatic carbocycles. The Kier molecular flexibility index (Phi) is 3.97. The number of rotatable bonds is 4. The van der Waals surface area contributed by atoms with E-state index in [1.165, 1.54) is 33.5 Å². The summed E-state index contributed by atoms with van der Waals surface area (Å²) in [6, 6.07) is 4.80. The number of ether oxygens (including phenoxy) is 3. The van der Waals surface area contributed by atoms with E-state index in [-0.39, 0.29) is 0 Å². The largest absolute Gasteiger partial charge is 0.493 e. The van der Waals surface area contributed by atoms with E-state index in [2.05, 4.69) is 0 Å². The molecule has 0 aromatic heterocycles. The van der Waals surface area contributed by atoms with Crippen LogP contribution >= 0.6 is 0 Å². The Hall–Kier alpha value is -1.93. The van der Waals surface area contributed by atoms with Crippen LogP contribution in [-0.2, 0) is 0 Å². The molecule has 0 saturated heterocycles.